The van der Waals surface area contributed by atoms with Gasteiger partial charge in [0, 0.05) is 0 Å². The highest BCUT2D eigenvalue weighted by atomic mass is 16.5. The maximum atomic E-state index is 9.96. The summed E-state index contributed by atoms with van der Waals surface area (Å²) in [5, 5.41) is 19.8. The molecule has 0 saturated heterocycles. The molecule has 1 atom stereocenters. The number of aliphatic hydroxyl groups excluding tert-OH is 1. The fourth-order valence-corrected chi connectivity index (χ4v) is 1.51. The highest BCUT2D eigenvalue weighted by Crippen LogP contribution is 2.33. The van der Waals surface area contributed by atoms with E-state index in [1.54, 1.807) is 6.07 Å². The number of hydrogen-bond donors (Lipinski definition) is 2. The molecule has 0 saturated carbocycles. The minimum Gasteiger partial charge on any atom is -0.504 e. The van der Waals surface area contributed by atoms with Crippen molar-refractivity contribution in [3.63, 3.8) is 0 Å². The van der Waals surface area contributed by atoms with E-state index in [9.17, 15) is 10.2 Å². The van der Waals surface area contributed by atoms with E-state index in [-0.39, 0.29) is 23.2 Å². The predicted octanol–water partition coefficient (Wildman–Crippen LogP) is 3.48. The van der Waals surface area contributed by atoms with E-state index < -0.39 is 6.10 Å². The summed E-state index contributed by atoms with van der Waals surface area (Å²) in [4.78, 5) is 0. The summed E-state index contributed by atoms with van der Waals surface area (Å²) in [5.74, 6) is 0.532. The van der Waals surface area contributed by atoms with Crippen LogP contribution in [0.25, 0.3) is 0 Å². The van der Waals surface area contributed by atoms with E-state index in [1.807, 2.05) is 32.9 Å². The standard InChI is InChI=1S/C16H26O3/c1-15(2,3)11-7-8-12(17)13(9-11)19-10-14(18)16(4,5)6/h7-9,14,17-18H,10H2,1-6H3/t14-/m1/s1. The monoisotopic (exact) mass is 266 g/mol. The van der Waals surface area contributed by atoms with Gasteiger partial charge in [0.05, 0.1) is 6.10 Å². The molecule has 108 valence electrons. The van der Waals surface area contributed by atoms with Gasteiger partial charge in [-0.05, 0) is 28.5 Å². The topological polar surface area (TPSA) is 49.7 Å². The Labute approximate surface area is 116 Å². The van der Waals surface area contributed by atoms with Gasteiger partial charge in [-0.1, -0.05) is 47.6 Å². The lowest BCUT2D eigenvalue weighted by molar-refractivity contribution is 0.0211. The van der Waals surface area contributed by atoms with Crippen molar-refractivity contribution in [1.29, 1.82) is 0 Å². The predicted molar refractivity (Wildman–Crippen MR) is 77.8 cm³/mol. The van der Waals surface area contributed by atoms with Crippen LogP contribution in [0.1, 0.15) is 47.1 Å². The third kappa shape index (κ3) is 4.43. The van der Waals surface area contributed by atoms with Gasteiger partial charge in [-0.2, -0.15) is 0 Å². The van der Waals surface area contributed by atoms with E-state index in [0.717, 1.165) is 5.56 Å². The fourth-order valence-electron chi connectivity index (χ4n) is 1.51. The summed E-state index contributed by atoms with van der Waals surface area (Å²) in [6.45, 7) is 12.3. The number of aliphatic hydroxyl groups is 1. The third-order valence-electron chi connectivity index (χ3n) is 3.22. The molecule has 0 aliphatic heterocycles. The zero-order chi connectivity index (χ0) is 14.8. The Morgan fingerprint density at radius 3 is 2.16 bits per heavy atom. The van der Waals surface area contributed by atoms with Crippen LogP contribution in [0.15, 0.2) is 18.2 Å². The number of hydrogen-bond acceptors (Lipinski definition) is 3. The Bertz CT molecular complexity index is 425. The van der Waals surface area contributed by atoms with Gasteiger partial charge in [0.1, 0.15) is 6.61 Å². The molecular formula is C16H26O3. The van der Waals surface area contributed by atoms with Gasteiger partial charge in [0.25, 0.3) is 0 Å². The average molecular weight is 266 g/mol. The number of phenolic OH excluding ortho intramolecular Hbond substituents is 1. The quantitative estimate of drug-likeness (QED) is 0.880. The molecule has 19 heavy (non-hydrogen) atoms. The number of rotatable bonds is 3. The third-order valence-corrected chi connectivity index (χ3v) is 3.22. The molecule has 1 rings (SSSR count). The SMILES string of the molecule is CC(C)(C)c1ccc(O)c(OC[C@@H](O)C(C)(C)C)c1. The lowest BCUT2D eigenvalue weighted by Gasteiger charge is -2.26. The molecule has 0 amide bonds. The Balaban J connectivity index is 2.84. The second-order valence-corrected chi connectivity index (χ2v) is 7.13. The van der Waals surface area contributed by atoms with Crippen molar-refractivity contribution in [2.75, 3.05) is 6.61 Å². The van der Waals surface area contributed by atoms with Crippen molar-refractivity contribution >= 4 is 0 Å². The summed E-state index contributed by atoms with van der Waals surface area (Å²) >= 11 is 0. The second-order valence-electron chi connectivity index (χ2n) is 7.13. The summed E-state index contributed by atoms with van der Waals surface area (Å²) < 4.78 is 5.56. The first-order valence-electron chi connectivity index (χ1n) is 6.66. The van der Waals surface area contributed by atoms with Crippen molar-refractivity contribution in [3.05, 3.63) is 23.8 Å². The van der Waals surface area contributed by atoms with Crippen LogP contribution in [-0.4, -0.2) is 22.9 Å². The molecule has 0 spiro atoms. The number of ether oxygens (including phenoxy) is 1. The van der Waals surface area contributed by atoms with Crippen LogP contribution in [0.3, 0.4) is 0 Å². The molecule has 3 heteroatoms. The zero-order valence-corrected chi connectivity index (χ0v) is 12.8. The summed E-state index contributed by atoms with van der Waals surface area (Å²) in [7, 11) is 0. The number of benzene rings is 1. The van der Waals surface area contributed by atoms with Gasteiger partial charge >= 0.3 is 0 Å². The fraction of sp³-hybridized carbons (Fsp3) is 0.625. The highest BCUT2D eigenvalue weighted by molar-refractivity contribution is 5.43. The smallest absolute Gasteiger partial charge is 0.161 e. The molecule has 0 aliphatic carbocycles. The Morgan fingerprint density at radius 2 is 1.68 bits per heavy atom. The summed E-state index contributed by atoms with van der Waals surface area (Å²) in [6, 6.07) is 5.37. The van der Waals surface area contributed by atoms with Crippen LogP contribution in [0.4, 0.5) is 0 Å². The minimum atomic E-state index is -0.579. The zero-order valence-electron chi connectivity index (χ0n) is 12.8. The lowest BCUT2D eigenvalue weighted by atomic mass is 9.87. The van der Waals surface area contributed by atoms with Gasteiger partial charge < -0.3 is 14.9 Å². The Morgan fingerprint density at radius 1 is 1.11 bits per heavy atom. The minimum absolute atomic E-state index is 0.00550. The van der Waals surface area contributed by atoms with Crippen LogP contribution in [-0.2, 0) is 5.41 Å². The molecular weight excluding hydrogens is 240 g/mol. The van der Waals surface area contributed by atoms with Gasteiger partial charge in [0.15, 0.2) is 11.5 Å². The van der Waals surface area contributed by atoms with Gasteiger partial charge in [0.2, 0.25) is 0 Å². The van der Waals surface area contributed by atoms with E-state index in [4.69, 9.17) is 4.74 Å². The van der Waals surface area contributed by atoms with Crippen LogP contribution in [0.5, 0.6) is 11.5 Å². The number of aromatic hydroxyl groups is 1. The maximum Gasteiger partial charge on any atom is 0.161 e. The van der Waals surface area contributed by atoms with E-state index in [2.05, 4.69) is 20.8 Å². The summed E-state index contributed by atoms with van der Waals surface area (Å²) in [5.41, 5.74) is 0.844. The first kappa shape index (κ1) is 15.8. The van der Waals surface area contributed by atoms with Crippen molar-refractivity contribution in [3.8, 4) is 11.5 Å². The lowest BCUT2D eigenvalue weighted by Crippen LogP contribution is -2.32. The Kier molecular flexibility index (Phi) is 4.51. The van der Waals surface area contributed by atoms with Gasteiger partial charge in [-0.25, -0.2) is 0 Å². The Hall–Kier alpha value is -1.22. The van der Waals surface area contributed by atoms with Crippen molar-refractivity contribution in [1.82, 2.24) is 0 Å². The second kappa shape index (κ2) is 5.41. The first-order chi connectivity index (χ1) is 8.51. The molecule has 0 aromatic heterocycles. The molecule has 1 aromatic rings. The molecule has 0 heterocycles. The first-order valence-corrected chi connectivity index (χ1v) is 6.66. The summed E-state index contributed by atoms with van der Waals surface area (Å²) in [6.07, 6.45) is -0.579. The van der Waals surface area contributed by atoms with Crippen molar-refractivity contribution in [2.45, 2.75) is 53.1 Å². The maximum absolute atomic E-state index is 9.96. The largest absolute Gasteiger partial charge is 0.504 e. The molecule has 0 unspecified atom stereocenters. The van der Waals surface area contributed by atoms with Crippen LogP contribution >= 0.6 is 0 Å². The van der Waals surface area contributed by atoms with Gasteiger partial charge in [-0.15, -0.1) is 0 Å². The van der Waals surface area contributed by atoms with E-state index in [1.165, 1.54) is 0 Å². The average Bonchev–Trinajstić information content (AvgIpc) is 2.24. The molecule has 1 aromatic carbocycles. The number of phenols is 1. The van der Waals surface area contributed by atoms with E-state index in [0.29, 0.717) is 5.75 Å². The molecule has 2 N–H and O–H groups in total. The van der Waals surface area contributed by atoms with Gasteiger partial charge in [-0.3, -0.25) is 0 Å². The van der Waals surface area contributed by atoms with Crippen LogP contribution in [0.2, 0.25) is 0 Å². The molecule has 0 radical (unpaired) electrons. The molecule has 0 bridgehead atoms. The van der Waals surface area contributed by atoms with Crippen LogP contribution in [0, 0.1) is 5.41 Å². The van der Waals surface area contributed by atoms with Crippen molar-refractivity contribution < 1.29 is 14.9 Å². The molecule has 0 aliphatic rings. The normalized spacial score (nSPS) is 14.3. The molecule has 0 fully saturated rings. The van der Waals surface area contributed by atoms with Crippen LogP contribution < -0.4 is 4.74 Å². The molecule has 3 nitrogen and oxygen atoms in total. The van der Waals surface area contributed by atoms with Crippen molar-refractivity contribution in [2.24, 2.45) is 5.41 Å². The highest BCUT2D eigenvalue weighted by Gasteiger charge is 2.23. The van der Waals surface area contributed by atoms with E-state index >= 15 is 0 Å².